The summed E-state index contributed by atoms with van der Waals surface area (Å²) in [5.41, 5.74) is 9.96. The number of nitrogens with zero attached hydrogens (tertiary/aromatic N) is 2. The summed E-state index contributed by atoms with van der Waals surface area (Å²) in [6.45, 7) is 10.8. The zero-order valence-electron chi connectivity index (χ0n) is 19.6. The third-order valence-corrected chi connectivity index (χ3v) is 7.18. The summed E-state index contributed by atoms with van der Waals surface area (Å²) in [5.74, 6) is 1.56. The molecule has 170 valence electrons. The molecule has 2 heterocycles. The van der Waals surface area contributed by atoms with E-state index in [-0.39, 0.29) is 11.9 Å². The van der Waals surface area contributed by atoms with Crippen molar-refractivity contribution in [3.63, 3.8) is 0 Å². The van der Waals surface area contributed by atoms with E-state index in [9.17, 15) is 4.79 Å². The molecular weight excluding hydrogens is 396 g/mol. The summed E-state index contributed by atoms with van der Waals surface area (Å²) < 4.78 is 0. The Labute approximate surface area is 191 Å². The Morgan fingerprint density at radius 3 is 2.44 bits per heavy atom. The van der Waals surface area contributed by atoms with Gasteiger partial charge >= 0.3 is 0 Å². The predicted octanol–water partition coefficient (Wildman–Crippen LogP) is 5.13. The zero-order valence-corrected chi connectivity index (χ0v) is 19.6. The summed E-state index contributed by atoms with van der Waals surface area (Å²) >= 11 is 0. The van der Waals surface area contributed by atoms with Gasteiger partial charge in [-0.15, -0.1) is 0 Å². The number of aromatic amines is 1. The molecule has 0 aliphatic carbocycles. The van der Waals surface area contributed by atoms with Crippen LogP contribution in [0, 0.1) is 5.92 Å². The highest BCUT2D eigenvalue weighted by molar-refractivity contribution is 5.99. The van der Waals surface area contributed by atoms with Crippen LogP contribution in [0.1, 0.15) is 61.1 Å². The Morgan fingerprint density at radius 1 is 1.12 bits per heavy atom. The molecule has 1 unspecified atom stereocenters. The number of benzene rings is 2. The molecule has 2 aromatic carbocycles. The Bertz CT molecular complexity index is 1050. The van der Waals surface area contributed by atoms with Gasteiger partial charge in [-0.1, -0.05) is 44.2 Å². The van der Waals surface area contributed by atoms with Crippen LogP contribution in [-0.4, -0.2) is 42.0 Å². The van der Waals surface area contributed by atoms with Gasteiger partial charge in [-0.05, 0) is 69.0 Å². The average Bonchev–Trinajstić information content (AvgIpc) is 3.19. The number of piperidine rings is 1. The number of aromatic nitrogens is 1. The van der Waals surface area contributed by atoms with Crippen LogP contribution in [0.5, 0.6) is 0 Å². The molecule has 1 fully saturated rings. The van der Waals surface area contributed by atoms with Crippen molar-refractivity contribution in [1.29, 1.82) is 0 Å². The van der Waals surface area contributed by atoms with Gasteiger partial charge in [0.15, 0.2) is 0 Å². The highest BCUT2D eigenvalue weighted by Crippen LogP contribution is 2.38. The van der Waals surface area contributed by atoms with Crippen LogP contribution in [0.4, 0.5) is 5.82 Å². The predicted molar refractivity (Wildman–Crippen MR) is 133 cm³/mol. The minimum Gasteiger partial charge on any atom is -0.366 e. The maximum Gasteiger partial charge on any atom is 0.248 e. The number of anilines is 1. The first-order valence-electron chi connectivity index (χ1n) is 12.0. The van der Waals surface area contributed by atoms with E-state index in [0.717, 1.165) is 49.4 Å². The smallest absolute Gasteiger partial charge is 0.248 e. The van der Waals surface area contributed by atoms with Crippen LogP contribution in [0.2, 0.25) is 0 Å². The quantitative estimate of drug-likeness (QED) is 0.519. The Balaban J connectivity index is 1.63. The maximum atomic E-state index is 11.9. The molecule has 1 aliphatic rings. The Morgan fingerprint density at radius 2 is 1.81 bits per heavy atom. The van der Waals surface area contributed by atoms with Gasteiger partial charge in [0.1, 0.15) is 5.82 Å². The standard InChI is InChI=1S/C27H36N4O/c1-4-30(5-2)19(3)25-23-18-22(26(28)32)11-12-24(23)29-27(25)31-15-13-21(14-16-31)17-20-9-7-6-8-10-20/h6-12,18-19,21,29H,4-5,13-17H2,1-3H3,(H2,28,32). The largest absolute Gasteiger partial charge is 0.366 e. The van der Waals surface area contributed by atoms with Crippen LogP contribution in [0.15, 0.2) is 48.5 Å². The summed E-state index contributed by atoms with van der Waals surface area (Å²) in [5, 5.41) is 1.11. The van der Waals surface area contributed by atoms with Crippen LogP contribution < -0.4 is 10.6 Å². The molecule has 5 nitrogen and oxygen atoms in total. The second-order valence-electron chi connectivity index (χ2n) is 9.03. The molecule has 1 amide bonds. The first kappa shape index (κ1) is 22.4. The normalized spacial score (nSPS) is 16.1. The molecular formula is C27H36N4O. The van der Waals surface area contributed by atoms with Gasteiger partial charge in [-0.3, -0.25) is 9.69 Å². The van der Waals surface area contributed by atoms with Gasteiger partial charge in [0, 0.05) is 41.2 Å². The van der Waals surface area contributed by atoms with E-state index in [0.29, 0.717) is 5.56 Å². The summed E-state index contributed by atoms with van der Waals surface area (Å²) in [7, 11) is 0. The van der Waals surface area contributed by atoms with E-state index in [4.69, 9.17) is 5.73 Å². The molecule has 1 aromatic heterocycles. The minimum atomic E-state index is -0.377. The van der Waals surface area contributed by atoms with Gasteiger partial charge in [-0.2, -0.15) is 0 Å². The number of rotatable bonds is 8. The molecule has 0 saturated carbocycles. The van der Waals surface area contributed by atoms with Gasteiger partial charge in [-0.25, -0.2) is 0 Å². The van der Waals surface area contributed by atoms with E-state index < -0.39 is 0 Å². The monoisotopic (exact) mass is 432 g/mol. The molecule has 3 N–H and O–H groups in total. The summed E-state index contributed by atoms with van der Waals surface area (Å²) in [6, 6.07) is 16.9. The molecule has 1 saturated heterocycles. The second-order valence-corrected chi connectivity index (χ2v) is 9.03. The molecule has 0 bridgehead atoms. The topological polar surface area (TPSA) is 65.4 Å². The highest BCUT2D eigenvalue weighted by atomic mass is 16.1. The van der Waals surface area contributed by atoms with Gasteiger partial charge < -0.3 is 15.6 Å². The molecule has 32 heavy (non-hydrogen) atoms. The fourth-order valence-electron chi connectivity index (χ4n) is 5.29. The van der Waals surface area contributed by atoms with Crippen LogP contribution >= 0.6 is 0 Å². The lowest BCUT2D eigenvalue weighted by Gasteiger charge is -2.35. The zero-order chi connectivity index (χ0) is 22.7. The lowest BCUT2D eigenvalue weighted by Crippen LogP contribution is -2.36. The van der Waals surface area contributed by atoms with E-state index in [2.05, 4.69) is 65.9 Å². The lowest BCUT2D eigenvalue weighted by atomic mass is 9.90. The summed E-state index contributed by atoms with van der Waals surface area (Å²) in [6.07, 6.45) is 3.54. The highest BCUT2D eigenvalue weighted by Gasteiger charge is 2.28. The third-order valence-electron chi connectivity index (χ3n) is 7.18. The van der Waals surface area contributed by atoms with Crippen molar-refractivity contribution in [1.82, 2.24) is 9.88 Å². The number of nitrogens with two attached hydrogens (primary N) is 1. The molecule has 5 heteroatoms. The van der Waals surface area contributed by atoms with Crippen LogP contribution in [-0.2, 0) is 6.42 Å². The molecule has 4 rings (SSSR count). The first-order valence-corrected chi connectivity index (χ1v) is 12.0. The minimum absolute atomic E-state index is 0.249. The van der Waals surface area contributed by atoms with Crippen molar-refractivity contribution in [2.45, 2.75) is 46.1 Å². The van der Waals surface area contributed by atoms with Crippen molar-refractivity contribution in [3.8, 4) is 0 Å². The second kappa shape index (κ2) is 9.78. The number of fused-ring (bicyclic) bond motifs is 1. The number of amides is 1. The van der Waals surface area contributed by atoms with E-state index in [1.165, 1.54) is 29.8 Å². The van der Waals surface area contributed by atoms with Crippen molar-refractivity contribution >= 4 is 22.6 Å². The van der Waals surface area contributed by atoms with E-state index >= 15 is 0 Å². The number of hydrogen-bond acceptors (Lipinski definition) is 3. The van der Waals surface area contributed by atoms with E-state index in [1.54, 1.807) is 0 Å². The molecule has 0 spiro atoms. The number of hydrogen-bond donors (Lipinski definition) is 2. The maximum absolute atomic E-state index is 11.9. The average molecular weight is 433 g/mol. The van der Waals surface area contributed by atoms with E-state index in [1.807, 2.05) is 18.2 Å². The SMILES string of the molecule is CCN(CC)C(C)c1c(N2CCC(Cc3ccccc3)CC2)[nH]c2ccc(C(N)=O)cc12. The number of primary amides is 1. The van der Waals surface area contributed by atoms with Crippen molar-refractivity contribution in [2.24, 2.45) is 11.7 Å². The summed E-state index contributed by atoms with van der Waals surface area (Å²) in [4.78, 5) is 20.5. The fourth-order valence-corrected chi connectivity index (χ4v) is 5.29. The van der Waals surface area contributed by atoms with Gasteiger partial charge in [0.2, 0.25) is 5.91 Å². The van der Waals surface area contributed by atoms with Gasteiger partial charge in [0.25, 0.3) is 0 Å². The van der Waals surface area contributed by atoms with Crippen molar-refractivity contribution in [3.05, 3.63) is 65.2 Å². The number of nitrogens with one attached hydrogen (secondary N) is 1. The van der Waals surface area contributed by atoms with Crippen molar-refractivity contribution in [2.75, 3.05) is 31.1 Å². The number of carbonyl (C=O) groups is 1. The Kier molecular flexibility index (Phi) is 6.85. The van der Waals surface area contributed by atoms with Gasteiger partial charge in [0.05, 0.1) is 0 Å². The number of H-pyrrole nitrogens is 1. The number of carbonyl (C=O) groups excluding carboxylic acids is 1. The first-order chi connectivity index (χ1) is 15.5. The van der Waals surface area contributed by atoms with Crippen LogP contribution in [0.3, 0.4) is 0 Å². The Hall–Kier alpha value is -2.79. The molecule has 1 aliphatic heterocycles. The lowest BCUT2D eigenvalue weighted by molar-refractivity contribution is 0.100. The molecule has 3 aromatic rings. The molecule has 0 radical (unpaired) electrons. The third kappa shape index (κ3) is 4.53. The van der Waals surface area contributed by atoms with Crippen molar-refractivity contribution < 1.29 is 4.79 Å². The molecule has 1 atom stereocenters. The fraction of sp³-hybridized carbons (Fsp3) is 0.444. The van der Waals surface area contributed by atoms with Crippen LogP contribution in [0.25, 0.3) is 10.9 Å².